The van der Waals surface area contributed by atoms with E-state index in [2.05, 4.69) is 10.2 Å². The van der Waals surface area contributed by atoms with Crippen LogP contribution in [0.5, 0.6) is 0 Å². The van der Waals surface area contributed by atoms with Crippen LogP contribution in [0.15, 0.2) is 0 Å². The van der Waals surface area contributed by atoms with Crippen LogP contribution in [0.1, 0.15) is 57.8 Å². The lowest BCUT2D eigenvalue weighted by Gasteiger charge is -2.32. The molecule has 0 spiro atoms. The van der Waals surface area contributed by atoms with E-state index in [-0.39, 0.29) is 5.91 Å². The first kappa shape index (κ1) is 14.8. The van der Waals surface area contributed by atoms with Gasteiger partial charge in [-0.25, -0.2) is 0 Å². The summed E-state index contributed by atoms with van der Waals surface area (Å²) in [6, 6.07) is 0. The lowest BCUT2D eigenvalue weighted by molar-refractivity contribution is -0.123. The minimum absolute atomic E-state index is 0.0703. The molecule has 0 aromatic heterocycles. The predicted molar refractivity (Wildman–Crippen MR) is 76.0 cm³/mol. The fourth-order valence-electron chi connectivity index (χ4n) is 3.20. The highest BCUT2D eigenvalue weighted by molar-refractivity contribution is 5.78. The van der Waals surface area contributed by atoms with Gasteiger partial charge in [-0.2, -0.15) is 0 Å². The SMILES string of the molecule is O=C(CN1CCCCCC1)NCC1(O)CCCCC1. The minimum atomic E-state index is -0.646. The molecular formula is C15H28N2O2. The maximum Gasteiger partial charge on any atom is 0.234 e. The number of hydrogen-bond donors (Lipinski definition) is 2. The van der Waals surface area contributed by atoms with Gasteiger partial charge in [0.25, 0.3) is 0 Å². The Balaban J connectivity index is 1.68. The second-order valence-electron chi connectivity index (χ2n) is 6.25. The van der Waals surface area contributed by atoms with Gasteiger partial charge in [0.2, 0.25) is 5.91 Å². The van der Waals surface area contributed by atoms with Gasteiger partial charge in [0, 0.05) is 6.54 Å². The third-order valence-electron chi connectivity index (χ3n) is 4.46. The second kappa shape index (κ2) is 7.25. The quantitative estimate of drug-likeness (QED) is 0.815. The Bertz CT molecular complexity index is 280. The van der Waals surface area contributed by atoms with E-state index in [0.717, 1.165) is 38.8 Å². The standard InChI is InChI=1S/C15H28N2O2/c18-14(12-17-10-6-1-2-7-11-17)16-13-15(19)8-4-3-5-9-15/h19H,1-13H2,(H,16,18). The Labute approximate surface area is 116 Å². The largest absolute Gasteiger partial charge is 0.388 e. The molecule has 0 aromatic rings. The van der Waals surface area contributed by atoms with Crippen molar-refractivity contribution in [3.05, 3.63) is 0 Å². The topological polar surface area (TPSA) is 52.6 Å². The molecule has 4 heteroatoms. The minimum Gasteiger partial charge on any atom is -0.388 e. The van der Waals surface area contributed by atoms with Gasteiger partial charge in [0.1, 0.15) is 0 Å². The summed E-state index contributed by atoms with van der Waals surface area (Å²) in [5.74, 6) is 0.0703. The summed E-state index contributed by atoms with van der Waals surface area (Å²) >= 11 is 0. The molecule has 110 valence electrons. The summed E-state index contributed by atoms with van der Waals surface area (Å²) in [6.07, 6.45) is 10.0. The number of hydrogen-bond acceptors (Lipinski definition) is 3. The van der Waals surface area contributed by atoms with Crippen LogP contribution in [0.25, 0.3) is 0 Å². The van der Waals surface area contributed by atoms with Gasteiger partial charge in [0.05, 0.1) is 12.1 Å². The van der Waals surface area contributed by atoms with Crippen molar-refractivity contribution in [2.45, 2.75) is 63.4 Å². The number of nitrogens with zero attached hydrogens (tertiary/aromatic N) is 1. The van der Waals surface area contributed by atoms with E-state index in [4.69, 9.17) is 0 Å². The van der Waals surface area contributed by atoms with Crippen molar-refractivity contribution in [1.82, 2.24) is 10.2 Å². The number of aliphatic hydroxyl groups is 1. The van der Waals surface area contributed by atoms with Crippen LogP contribution in [0.2, 0.25) is 0 Å². The van der Waals surface area contributed by atoms with E-state index in [1.54, 1.807) is 0 Å². The van der Waals surface area contributed by atoms with Gasteiger partial charge in [0.15, 0.2) is 0 Å². The molecular weight excluding hydrogens is 240 g/mol. The molecule has 4 nitrogen and oxygen atoms in total. The molecule has 1 aliphatic carbocycles. The summed E-state index contributed by atoms with van der Waals surface area (Å²) in [5, 5.41) is 13.3. The fourth-order valence-corrected chi connectivity index (χ4v) is 3.20. The summed E-state index contributed by atoms with van der Waals surface area (Å²) in [4.78, 5) is 14.2. The van der Waals surface area contributed by atoms with Crippen LogP contribution >= 0.6 is 0 Å². The lowest BCUT2D eigenvalue weighted by atomic mass is 9.85. The third kappa shape index (κ3) is 5.11. The third-order valence-corrected chi connectivity index (χ3v) is 4.46. The van der Waals surface area contributed by atoms with Gasteiger partial charge in [-0.15, -0.1) is 0 Å². The molecule has 2 aliphatic rings. The summed E-state index contributed by atoms with van der Waals surface area (Å²) < 4.78 is 0. The number of carbonyl (C=O) groups excluding carboxylic acids is 1. The molecule has 2 fully saturated rings. The van der Waals surface area contributed by atoms with Crippen molar-refractivity contribution in [1.29, 1.82) is 0 Å². The Morgan fingerprint density at radius 2 is 1.58 bits per heavy atom. The van der Waals surface area contributed by atoms with Crippen molar-refractivity contribution in [3.63, 3.8) is 0 Å². The zero-order valence-corrected chi connectivity index (χ0v) is 12.0. The molecule has 0 radical (unpaired) electrons. The molecule has 2 N–H and O–H groups in total. The molecule has 1 aliphatic heterocycles. The summed E-state index contributed by atoms with van der Waals surface area (Å²) in [7, 11) is 0. The van der Waals surface area contributed by atoms with Crippen LogP contribution in [0.3, 0.4) is 0 Å². The first-order valence-corrected chi connectivity index (χ1v) is 7.89. The Kier molecular flexibility index (Phi) is 5.64. The zero-order chi connectivity index (χ0) is 13.6. The van der Waals surface area contributed by atoms with Gasteiger partial charge >= 0.3 is 0 Å². The van der Waals surface area contributed by atoms with E-state index in [9.17, 15) is 9.90 Å². The van der Waals surface area contributed by atoms with E-state index in [0.29, 0.717) is 13.1 Å². The van der Waals surface area contributed by atoms with Crippen LogP contribution in [-0.2, 0) is 4.79 Å². The average molecular weight is 268 g/mol. The van der Waals surface area contributed by atoms with E-state index in [1.165, 1.54) is 32.1 Å². The monoisotopic (exact) mass is 268 g/mol. The first-order valence-electron chi connectivity index (χ1n) is 7.89. The van der Waals surface area contributed by atoms with Crippen LogP contribution in [-0.4, -0.2) is 47.7 Å². The van der Waals surface area contributed by atoms with Crippen LogP contribution < -0.4 is 5.32 Å². The van der Waals surface area contributed by atoms with E-state index < -0.39 is 5.60 Å². The number of rotatable bonds is 4. The van der Waals surface area contributed by atoms with Crippen molar-refractivity contribution in [2.24, 2.45) is 0 Å². The van der Waals surface area contributed by atoms with Crippen molar-refractivity contribution >= 4 is 5.91 Å². The molecule has 0 bridgehead atoms. The maximum absolute atomic E-state index is 11.9. The van der Waals surface area contributed by atoms with E-state index >= 15 is 0 Å². The molecule has 0 atom stereocenters. The smallest absolute Gasteiger partial charge is 0.234 e. The molecule has 1 saturated carbocycles. The van der Waals surface area contributed by atoms with E-state index in [1.807, 2.05) is 0 Å². The van der Waals surface area contributed by atoms with Crippen molar-refractivity contribution in [2.75, 3.05) is 26.2 Å². The number of amides is 1. The summed E-state index contributed by atoms with van der Waals surface area (Å²) in [5.41, 5.74) is -0.646. The van der Waals surface area contributed by atoms with Gasteiger partial charge < -0.3 is 10.4 Å². The highest BCUT2D eigenvalue weighted by atomic mass is 16.3. The Morgan fingerprint density at radius 1 is 1.00 bits per heavy atom. The molecule has 1 amide bonds. The predicted octanol–water partition coefficient (Wildman–Crippen LogP) is 1.67. The van der Waals surface area contributed by atoms with Crippen LogP contribution in [0, 0.1) is 0 Å². The maximum atomic E-state index is 11.9. The molecule has 2 rings (SSSR count). The van der Waals surface area contributed by atoms with Gasteiger partial charge in [-0.1, -0.05) is 32.1 Å². The number of carbonyl (C=O) groups is 1. The number of likely N-dealkylation sites (tertiary alicyclic amines) is 1. The molecule has 0 aromatic carbocycles. The average Bonchev–Trinajstić information content (AvgIpc) is 2.66. The molecule has 1 saturated heterocycles. The van der Waals surface area contributed by atoms with Gasteiger partial charge in [-0.05, 0) is 38.8 Å². The number of nitrogens with one attached hydrogen (secondary N) is 1. The van der Waals surface area contributed by atoms with Crippen molar-refractivity contribution in [3.8, 4) is 0 Å². The molecule has 1 heterocycles. The highest BCUT2D eigenvalue weighted by Crippen LogP contribution is 2.27. The van der Waals surface area contributed by atoms with Crippen LogP contribution in [0.4, 0.5) is 0 Å². The van der Waals surface area contributed by atoms with Crippen molar-refractivity contribution < 1.29 is 9.90 Å². The molecule has 0 unspecified atom stereocenters. The summed E-state index contributed by atoms with van der Waals surface area (Å²) in [6.45, 7) is 3.01. The normalized spacial score (nSPS) is 24.7. The molecule has 19 heavy (non-hydrogen) atoms. The Morgan fingerprint density at radius 3 is 2.21 bits per heavy atom. The Hall–Kier alpha value is -0.610. The highest BCUT2D eigenvalue weighted by Gasteiger charge is 2.29. The van der Waals surface area contributed by atoms with Gasteiger partial charge in [-0.3, -0.25) is 9.69 Å². The second-order valence-corrected chi connectivity index (χ2v) is 6.25. The first-order chi connectivity index (χ1) is 9.18. The lowest BCUT2D eigenvalue weighted by Crippen LogP contribution is -2.47. The fraction of sp³-hybridized carbons (Fsp3) is 0.933. The zero-order valence-electron chi connectivity index (χ0n) is 12.0.